The standard InChI is InChI=1S/C20H22O8.C2H5NO/c1-26-15-7-6-11(20(24)25)8-13(15)12-4-2-3-5-16(12)27-18-9-14(22)19(23)17(10-21)28-18;1-2(3)4/h2-8,14,17-19,21-23H,9-10H2,1H3,(H,24,25);1H3,(H2,3,4). The van der Waals surface area contributed by atoms with Crippen LogP contribution in [0.25, 0.3) is 11.1 Å². The number of hydrogen-bond donors (Lipinski definition) is 5. The molecule has 0 radical (unpaired) electrons. The summed E-state index contributed by atoms with van der Waals surface area (Å²) in [6.45, 7) is 0.841. The minimum atomic E-state index is -1.20. The third-order valence-electron chi connectivity index (χ3n) is 4.60. The van der Waals surface area contributed by atoms with Crippen LogP contribution in [0.15, 0.2) is 42.5 Å². The second-order valence-electron chi connectivity index (χ2n) is 7.03. The molecule has 3 rings (SSSR count). The first-order chi connectivity index (χ1) is 15.2. The van der Waals surface area contributed by atoms with Crippen LogP contribution in [0.2, 0.25) is 0 Å². The van der Waals surface area contributed by atoms with Gasteiger partial charge in [-0.3, -0.25) is 4.79 Å². The molecule has 2 aromatic carbocycles. The number of para-hydroxylation sites is 1. The Balaban J connectivity index is 0.000000837. The summed E-state index contributed by atoms with van der Waals surface area (Å²) in [7, 11) is 1.48. The largest absolute Gasteiger partial charge is 0.496 e. The predicted molar refractivity (Wildman–Crippen MR) is 113 cm³/mol. The number of aliphatic hydroxyl groups is 3. The van der Waals surface area contributed by atoms with Crippen LogP contribution in [0, 0.1) is 0 Å². The van der Waals surface area contributed by atoms with Crippen molar-refractivity contribution in [2.45, 2.75) is 37.9 Å². The number of carboxylic acids is 1. The Bertz CT molecular complexity index is 929. The first-order valence-electron chi connectivity index (χ1n) is 9.73. The highest BCUT2D eigenvalue weighted by Crippen LogP contribution is 2.38. The summed E-state index contributed by atoms with van der Waals surface area (Å²) in [5.74, 6) is -0.552. The number of benzene rings is 2. The number of aromatic carboxylic acids is 1. The van der Waals surface area contributed by atoms with E-state index in [1.165, 1.54) is 26.2 Å². The van der Waals surface area contributed by atoms with E-state index in [0.29, 0.717) is 22.6 Å². The highest BCUT2D eigenvalue weighted by molar-refractivity contribution is 5.91. The fourth-order valence-corrected chi connectivity index (χ4v) is 3.13. The number of rotatable bonds is 6. The van der Waals surface area contributed by atoms with Crippen LogP contribution in [-0.2, 0) is 9.53 Å². The van der Waals surface area contributed by atoms with Gasteiger partial charge in [-0.05, 0) is 24.3 Å². The van der Waals surface area contributed by atoms with E-state index in [4.69, 9.17) is 14.2 Å². The molecule has 0 aromatic heterocycles. The molecule has 1 saturated heterocycles. The van der Waals surface area contributed by atoms with Crippen molar-refractivity contribution in [3.63, 3.8) is 0 Å². The number of carbonyl (C=O) groups excluding carboxylic acids is 1. The number of carbonyl (C=O) groups is 2. The fraction of sp³-hybridized carbons (Fsp3) is 0.364. The molecule has 4 atom stereocenters. The molecular formula is C22H27NO9. The molecule has 0 saturated carbocycles. The lowest BCUT2D eigenvalue weighted by atomic mass is 10.00. The lowest BCUT2D eigenvalue weighted by molar-refractivity contribution is -0.229. The summed E-state index contributed by atoms with van der Waals surface area (Å²) in [6.07, 6.45) is -4.16. The Hall–Kier alpha value is -3.18. The summed E-state index contributed by atoms with van der Waals surface area (Å²) in [6, 6.07) is 11.4. The molecule has 0 spiro atoms. The molecule has 32 heavy (non-hydrogen) atoms. The van der Waals surface area contributed by atoms with E-state index in [-0.39, 0.29) is 17.9 Å². The summed E-state index contributed by atoms with van der Waals surface area (Å²) in [4.78, 5) is 20.6. The van der Waals surface area contributed by atoms with Gasteiger partial charge >= 0.3 is 5.97 Å². The number of methoxy groups -OCH3 is 1. The van der Waals surface area contributed by atoms with Crippen molar-refractivity contribution in [1.82, 2.24) is 0 Å². The first-order valence-corrected chi connectivity index (χ1v) is 9.73. The molecule has 1 aliphatic heterocycles. The monoisotopic (exact) mass is 449 g/mol. The van der Waals surface area contributed by atoms with Crippen molar-refractivity contribution >= 4 is 11.9 Å². The molecule has 4 unspecified atom stereocenters. The fourth-order valence-electron chi connectivity index (χ4n) is 3.13. The van der Waals surface area contributed by atoms with Crippen LogP contribution in [0.4, 0.5) is 0 Å². The highest BCUT2D eigenvalue weighted by Gasteiger charge is 2.37. The van der Waals surface area contributed by atoms with Gasteiger partial charge in [0.05, 0.1) is 25.4 Å². The van der Waals surface area contributed by atoms with E-state index in [1.54, 1.807) is 30.3 Å². The lowest BCUT2D eigenvalue weighted by Crippen LogP contribution is -2.51. The van der Waals surface area contributed by atoms with Gasteiger partial charge in [-0.15, -0.1) is 0 Å². The van der Waals surface area contributed by atoms with Crippen molar-refractivity contribution in [3.05, 3.63) is 48.0 Å². The smallest absolute Gasteiger partial charge is 0.335 e. The zero-order chi connectivity index (χ0) is 23.8. The van der Waals surface area contributed by atoms with Gasteiger partial charge in [-0.25, -0.2) is 4.79 Å². The molecular weight excluding hydrogens is 422 g/mol. The van der Waals surface area contributed by atoms with Gasteiger partial charge in [-0.1, -0.05) is 18.2 Å². The number of primary amides is 1. The molecule has 1 fully saturated rings. The molecule has 1 heterocycles. The second-order valence-corrected chi connectivity index (χ2v) is 7.03. The molecule has 10 heteroatoms. The number of nitrogens with two attached hydrogens (primary N) is 1. The maximum atomic E-state index is 11.4. The minimum Gasteiger partial charge on any atom is -0.496 e. The molecule has 10 nitrogen and oxygen atoms in total. The van der Waals surface area contributed by atoms with Gasteiger partial charge in [-0.2, -0.15) is 0 Å². The van der Waals surface area contributed by atoms with Gasteiger partial charge in [0.2, 0.25) is 12.2 Å². The summed E-state index contributed by atoms with van der Waals surface area (Å²) < 4.78 is 16.8. The third kappa shape index (κ3) is 6.41. The van der Waals surface area contributed by atoms with Crippen LogP contribution in [0.3, 0.4) is 0 Å². The summed E-state index contributed by atoms with van der Waals surface area (Å²) in [5.41, 5.74) is 5.67. The van der Waals surface area contributed by atoms with Crippen LogP contribution in [0.5, 0.6) is 11.5 Å². The Morgan fingerprint density at radius 1 is 1.12 bits per heavy atom. The van der Waals surface area contributed by atoms with E-state index >= 15 is 0 Å². The zero-order valence-corrected chi connectivity index (χ0v) is 17.7. The highest BCUT2D eigenvalue weighted by atomic mass is 16.7. The van der Waals surface area contributed by atoms with E-state index < -0.39 is 37.2 Å². The maximum Gasteiger partial charge on any atom is 0.335 e. The van der Waals surface area contributed by atoms with Crippen molar-refractivity contribution in [2.75, 3.05) is 13.7 Å². The Kier molecular flexibility index (Phi) is 8.97. The van der Waals surface area contributed by atoms with Crippen molar-refractivity contribution < 1.29 is 44.2 Å². The van der Waals surface area contributed by atoms with Gasteiger partial charge < -0.3 is 40.4 Å². The summed E-state index contributed by atoms with van der Waals surface area (Å²) in [5, 5.41) is 38.4. The van der Waals surface area contributed by atoms with Crippen LogP contribution in [-0.4, -0.2) is 70.6 Å². The van der Waals surface area contributed by atoms with Gasteiger partial charge in [0.25, 0.3) is 0 Å². The normalized spacial score (nSPS) is 22.3. The molecule has 174 valence electrons. The number of amides is 1. The second kappa shape index (κ2) is 11.4. The minimum absolute atomic E-state index is 0.0122. The predicted octanol–water partition coefficient (Wildman–Crippen LogP) is 0.760. The molecule has 2 aromatic rings. The number of hydrogen-bond acceptors (Lipinski definition) is 8. The first kappa shape index (κ1) is 25.1. The van der Waals surface area contributed by atoms with E-state index in [2.05, 4.69) is 5.73 Å². The van der Waals surface area contributed by atoms with E-state index in [0.717, 1.165) is 0 Å². The van der Waals surface area contributed by atoms with Gasteiger partial charge in [0, 0.05) is 24.5 Å². The number of aliphatic hydroxyl groups excluding tert-OH is 3. The Labute approximate surface area is 184 Å². The van der Waals surface area contributed by atoms with Crippen LogP contribution < -0.4 is 15.2 Å². The van der Waals surface area contributed by atoms with Crippen LogP contribution >= 0.6 is 0 Å². The third-order valence-corrected chi connectivity index (χ3v) is 4.60. The van der Waals surface area contributed by atoms with Crippen molar-refractivity contribution in [2.24, 2.45) is 5.73 Å². The molecule has 6 N–H and O–H groups in total. The molecule has 0 bridgehead atoms. The molecule has 1 aliphatic rings. The topological polar surface area (TPSA) is 169 Å². The van der Waals surface area contributed by atoms with Crippen molar-refractivity contribution in [3.8, 4) is 22.6 Å². The molecule has 1 amide bonds. The van der Waals surface area contributed by atoms with Gasteiger partial charge in [0.1, 0.15) is 23.7 Å². The number of ether oxygens (including phenoxy) is 3. The molecule has 0 aliphatic carbocycles. The Morgan fingerprint density at radius 2 is 1.78 bits per heavy atom. The lowest BCUT2D eigenvalue weighted by Gasteiger charge is -2.36. The zero-order valence-electron chi connectivity index (χ0n) is 17.7. The Morgan fingerprint density at radius 3 is 2.38 bits per heavy atom. The van der Waals surface area contributed by atoms with Gasteiger partial charge in [0.15, 0.2) is 0 Å². The van der Waals surface area contributed by atoms with Crippen molar-refractivity contribution in [1.29, 1.82) is 0 Å². The average Bonchev–Trinajstić information content (AvgIpc) is 2.75. The summed E-state index contributed by atoms with van der Waals surface area (Å²) >= 11 is 0. The average molecular weight is 449 g/mol. The van der Waals surface area contributed by atoms with Crippen LogP contribution in [0.1, 0.15) is 23.7 Å². The van der Waals surface area contributed by atoms with E-state index in [9.17, 15) is 30.0 Å². The maximum absolute atomic E-state index is 11.4. The number of carboxylic acid groups (broad SMARTS) is 1. The quantitative estimate of drug-likeness (QED) is 0.427. The SMILES string of the molecule is CC(N)=O.COc1ccc(C(=O)O)cc1-c1ccccc1OC1CC(O)C(O)C(CO)O1. The van der Waals surface area contributed by atoms with E-state index in [1.807, 2.05) is 0 Å².